The van der Waals surface area contributed by atoms with Crippen molar-refractivity contribution >= 4 is 17.6 Å². The number of methoxy groups -OCH3 is 2. The summed E-state index contributed by atoms with van der Waals surface area (Å²) in [6.45, 7) is 1.72. The molecule has 110 valence electrons. The van der Waals surface area contributed by atoms with E-state index in [1.165, 1.54) is 26.6 Å². The smallest absolute Gasteiger partial charge is 0.340 e. The van der Waals surface area contributed by atoms with E-state index in [1.807, 2.05) is 0 Å². The SMILES string of the molecule is COC(=O)c1cnc(C)cc1-c1c(OC)cnc(Cl)c1F. The topological polar surface area (TPSA) is 61.3 Å². The van der Waals surface area contributed by atoms with Gasteiger partial charge < -0.3 is 9.47 Å². The summed E-state index contributed by atoms with van der Waals surface area (Å²) in [7, 11) is 2.61. The fourth-order valence-corrected chi connectivity index (χ4v) is 2.04. The van der Waals surface area contributed by atoms with Gasteiger partial charge in [0.2, 0.25) is 0 Å². The molecule has 5 nitrogen and oxygen atoms in total. The Hall–Kier alpha value is -2.21. The fourth-order valence-electron chi connectivity index (χ4n) is 1.89. The lowest BCUT2D eigenvalue weighted by Crippen LogP contribution is -2.07. The molecule has 0 spiro atoms. The molecule has 0 unspecified atom stereocenters. The molecule has 0 radical (unpaired) electrons. The van der Waals surface area contributed by atoms with E-state index in [1.54, 1.807) is 13.0 Å². The highest BCUT2D eigenvalue weighted by molar-refractivity contribution is 6.30. The first-order chi connectivity index (χ1) is 9.99. The van der Waals surface area contributed by atoms with Crippen LogP contribution in [0.25, 0.3) is 11.1 Å². The van der Waals surface area contributed by atoms with Crippen LogP contribution in [0.3, 0.4) is 0 Å². The van der Waals surface area contributed by atoms with E-state index in [0.717, 1.165) is 0 Å². The summed E-state index contributed by atoms with van der Waals surface area (Å²) in [6.07, 6.45) is 2.61. The number of nitrogens with zero attached hydrogens (tertiary/aromatic N) is 2. The van der Waals surface area contributed by atoms with E-state index in [4.69, 9.17) is 21.1 Å². The molecule has 0 atom stereocenters. The van der Waals surface area contributed by atoms with Crippen molar-refractivity contribution in [3.63, 3.8) is 0 Å². The molecule has 2 aromatic rings. The predicted molar refractivity (Wildman–Crippen MR) is 75.1 cm³/mol. The number of esters is 1. The van der Waals surface area contributed by atoms with Gasteiger partial charge in [-0.15, -0.1) is 0 Å². The average Bonchev–Trinajstić information content (AvgIpc) is 2.49. The van der Waals surface area contributed by atoms with Crippen molar-refractivity contribution in [2.24, 2.45) is 0 Å². The van der Waals surface area contributed by atoms with Gasteiger partial charge in [0.1, 0.15) is 5.75 Å². The zero-order chi connectivity index (χ0) is 15.6. The maximum atomic E-state index is 14.4. The Morgan fingerprint density at radius 2 is 2.00 bits per heavy atom. The number of hydrogen-bond acceptors (Lipinski definition) is 5. The lowest BCUT2D eigenvalue weighted by Gasteiger charge is -2.13. The molecule has 0 aliphatic carbocycles. The van der Waals surface area contributed by atoms with Crippen molar-refractivity contribution in [2.75, 3.05) is 14.2 Å². The standard InChI is InChI=1S/C14H12ClFN2O3/c1-7-4-8(9(5-17-7)14(19)21-3)11-10(20-2)6-18-13(15)12(11)16/h4-6H,1-3H3. The number of hydrogen-bond donors (Lipinski definition) is 0. The quantitative estimate of drug-likeness (QED) is 0.644. The molecule has 21 heavy (non-hydrogen) atoms. The molecule has 0 saturated carbocycles. The molecular formula is C14H12ClFN2O3. The molecule has 0 N–H and O–H groups in total. The lowest BCUT2D eigenvalue weighted by atomic mass is 10.0. The number of pyridine rings is 2. The second kappa shape index (κ2) is 6.05. The zero-order valence-electron chi connectivity index (χ0n) is 11.6. The number of aromatic nitrogens is 2. The first kappa shape index (κ1) is 15.2. The van der Waals surface area contributed by atoms with E-state index in [-0.39, 0.29) is 27.6 Å². The Bertz CT molecular complexity index is 707. The highest BCUT2D eigenvalue weighted by atomic mass is 35.5. The van der Waals surface area contributed by atoms with Crippen molar-refractivity contribution in [3.8, 4) is 16.9 Å². The van der Waals surface area contributed by atoms with Crippen molar-refractivity contribution < 1.29 is 18.7 Å². The molecule has 0 saturated heterocycles. The van der Waals surface area contributed by atoms with Crippen LogP contribution in [0, 0.1) is 12.7 Å². The van der Waals surface area contributed by atoms with Crippen LogP contribution in [0.15, 0.2) is 18.5 Å². The largest absolute Gasteiger partial charge is 0.494 e. The van der Waals surface area contributed by atoms with Gasteiger partial charge >= 0.3 is 5.97 Å². The van der Waals surface area contributed by atoms with Crippen molar-refractivity contribution in [2.45, 2.75) is 6.92 Å². The van der Waals surface area contributed by atoms with Crippen molar-refractivity contribution in [3.05, 3.63) is 40.7 Å². The minimum Gasteiger partial charge on any atom is -0.494 e. The van der Waals surface area contributed by atoms with E-state index >= 15 is 0 Å². The Morgan fingerprint density at radius 3 is 2.62 bits per heavy atom. The average molecular weight is 311 g/mol. The van der Waals surface area contributed by atoms with Crippen molar-refractivity contribution in [1.82, 2.24) is 9.97 Å². The van der Waals surface area contributed by atoms with Crippen LogP contribution in [0.2, 0.25) is 5.15 Å². The van der Waals surface area contributed by atoms with Crippen LogP contribution in [0.4, 0.5) is 4.39 Å². The van der Waals surface area contributed by atoms with Crippen molar-refractivity contribution in [1.29, 1.82) is 0 Å². The van der Waals surface area contributed by atoms with Crippen LogP contribution in [0.5, 0.6) is 5.75 Å². The van der Waals surface area contributed by atoms with Crippen LogP contribution in [0.1, 0.15) is 16.1 Å². The van der Waals surface area contributed by atoms with Gasteiger partial charge in [0.05, 0.1) is 31.5 Å². The Morgan fingerprint density at radius 1 is 1.29 bits per heavy atom. The molecule has 2 aromatic heterocycles. The third-order valence-electron chi connectivity index (χ3n) is 2.88. The molecule has 2 rings (SSSR count). The first-order valence-corrected chi connectivity index (χ1v) is 6.30. The molecule has 0 aliphatic rings. The van der Waals surface area contributed by atoms with Gasteiger partial charge in [-0.3, -0.25) is 4.98 Å². The van der Waals surface area contributed by atoms with Gasteiger partial charge in [0, 0.05) is 17.5 Å². The molecule has 0 bridgehead atoms. The molecule has 0 amide bonds. The van der Waals surface area contributed by atoms with Gasteiger partial charge in [-0.1, -0.05) is 11.6 Å². The summed E-state index contributed by atoms with van der Waals surface area (Å²) in [5.41, 5.74) is 1.05. The summed E-state index contributed by atoms with van der Waals surface area (Å²) in [5, 5.41) is -0.309. The number of aryl methyl sites for hydroxylation is 1. The van der Waals surface area contributed by atoms with E-state index in [2.05, 4.69) is 9.97 Å². The first-order valence-electron chi connectivity index (χ1n) is 5.93. The Labute approximate surface area is 125 Å². The lowest BCUT2D eigenvalue weighted by molar-refractivity contribution is 0.0601. The maximum absolute atomic E-state index is 14.4. The third kappa shape index (κ3) is 2.80. The summed E-state index contributed by atoms with van der Waals surface area (Å²) < 4.78 is 24.2. The molecule has 0 aromatic carbocycles. The van der Waals surface area contributed by atoms with Crippen LogP contribution in [-0.2, 0) is 4.74 Å². The van der Waals surface area contributed by atoms with Gasteiger partial charge in [-0.25, -0.2) is 14.2 Å². The van der Waals surface area contributed by atoms with Crippen LogP contribution in [-0.4, -0.2) is 30.2 Å². The van der Waals surface area contributed by atoms with Gasteiger partial charge in [-0.05, 0) is 13.0 Å². The van der Waals surface area contributed by atoms with E-state index in [9.17, 15) is 9.18 Å². The molecule has 2 heterocycles. The van der Waals surface area contributed by atoms with Gasteiger partial charge in [0.25, 0.3) is 0 Å². The summed E-state index contributed by atoms with van der Waals surface area (Å²) in [5.74, 6) is -1.24. The molecular weight excluding hydrogens is 299 g/mol. The minimum atomic E-state index is -0.772. The zero-order valence-corrected chi connectivity index (χ0v) is 12.4. The summed E-state index contributed by atoms with van der Waals surface area (Å²) >= 11 is 5.72. The van der Waals surface area contributed by atoms with E-state index < -0.39 is 11.8 Å². The monoisotopic (exact) mass is 310 g/mol. The second-order valence-electron chi connectivity index (χ2n) is 4.17. The van der Waals surface area contributed by atoms with Crippen LogP contribution >= 0.6 is 11.6 Å². The number of rotatable bonds is 3. The fraction of sp³-hybridized carbons (Fsp3) is 0.214. The minimum absolute atomic E-state index is 0.0448. The van der Waals surface area contributed by atoms with Gasteiger partial charge in [0.15, 0.2) is 11.0 Å². The van der Waals surface area contributed by atoms with Crippen LogP contribution < -0.4 is 4.74 Å². The summed E-state index contributed by atoms with van der Waals surface area (Å²) in [4.78, 5) is 19.6. The summed E-state index contributed by atoms with van der Waals surface area (Å²) in [6, 6.07) is 1.56. The number of carbonyl (C=O) groups is 1. The van der Waals surface area contributed by atoms with E-state index in [0.29, 0.717) is 5.69 Å². The number of halogens is 2. The number of carbonyl (C=O) groups excluding carboxylic acids is 1. The molecule has 0 aliphatic heterocycles. The number of ether oxygens (including phenoxy) is 2. The third-order valence-corrected chi connectivity index (χ3v) is 3.14. The molecule has 0 fully saturated rings. The highest BCUT2D eigenvalue weighted by Crippen LogP contribution is 2.36. The highest BCUT2D eigenvalue weighted by Gasteiger charge is 2.22. The predicted octanol–water partition coefficient (Wildman–Crippen LogP) is 3.04. The normalized spacial score (nSPS) is 10.3. The Balaban J connectivity index is 2.80. The molecule has 7 heteroatoms. The second-order valence-corrected chi connectivity index (χ2v) is 4.53. The maximum Gasteiger partial charge on any atom is 0.340 e. The Kier molecular flexibility index (Phi) is 4.37. The van der Waals surface area contributed by atoms with Gasteiger partial charge in [-0.2, -0.15) is 0 Å².